The van der Waals surface area contributed by atoms with Crippen molar-refractivity contribution in [2.75, 3.05) is 0 Å². The second-order valence-corrected chi connectivity index (χ2v) is 4.53. The van der Waals surface area contributed by atoms with E-state index in [0.717, 1.165) is 28.9 Å². The van der Waals surface area contributed by atoms with Gasteiger partial charge in [-0.2, -0.15) is 0 Å². The summed E-state index contributed by atoms with van der Waals surface area (Å²) in [7, 11) is 0. The van der Waals surface area contributed by atoms with E-state index in [2.05, 4.69) is 41.2 Å². The predicted octanol–water partition coefficient (Wildman–Crippen LogP) is 2.42. The van der Waals surface area contributed by atoms with Crippen LogP contribution >= 0.6 is 0 Å². The fourth-order valence-electron chi connectivity index (χ4n) is 2.19. The van der Waals surface area contributed by atoms with Gasteiger partial charge < -0.3 is 5.73 Å². The molecular formula is C15H16N4. The van der Waals surface area contributed by atoms with Crippen molar-refractivity contribution in [1.29, 1.82) is 0 Å². The molecule has 0 spiro atoms. The number of imidazole rings is 1. The van der Waals surface area contributed by atoms with Gasteiger partial charge in [0.1, 0.15) is 12.0 Å². The van der Waals surface area contributed by atoms with E-state index in [9.17, 15) is 0 Å². The SMILES string of the molecule is CCc1ccc(-c2cncn3cc(CN)nc23)cc1. The quantitative estimate of drug-likeness (QED) is 0.778. The topological polar surface area (TPSA) is 56.2 Å². The van der Waals surface area contributed by atoms with E-state index in [1.165, 1.54) is 5.56 Å². The van der Waals surface area contributed by atoms with Gasteiger partial charge in [0, 0.05) is 24.5 Å². The third-order valence-corrected chi connectivity index (χ3v) is 3.30. The molecule has 0 radical (unpaired) electrons. The van der Waals surface area contributed by atoms with Crippen molar-refractivity contribution in [3.05, 3.63) is 54.2 Å². The first-order chi connectivity index (χ1) is 9.31. The summed E-state index contributed by atoms with van der Waals surface area (Å²) >= 11 is 0. The highest BCUT2D eigenvalue weighted by Crippen LogP contribution is 2.23. The van der Waals surface area contributed by atoms with Gasteiger partial charge in [-0.3, -0.25) is 4.40 Å². The minimum atomic E-state index is 0.440. The summed E-state index contributed by atoms with van der Waals surface area (Å²) in [6.07, 6.45) is 6.57. The zero-order valence-corrected chi connectivity index (χ0v) is 10.9. The number of nitrogens with two attached hydrogens (primary N) is 1. The summed E-state index contributed by atoms with van der Waals surface area (Å²) < 4.78 is 1.92. The maximum absolute atomic E-state index is 5.64. The van der Waals surface area contributed by atoms with Crippen LogP contribution in [-0.4, -0.2) is 14.4 Å². The van der Waals surface area contributed by atoms with Crippen LogP contribution in [0.5, 0.6) is 0 Å². The lowest BCUT2D eigenvalue weighted by molar-refractivity contribution is 1.01. The number of fused-ring (bicyclic) bond motifs is 1. The molecule has 4 nitrogen and oxygen atoms in total. The second kappa shape index (κ2) is 4.82. The number of nitrogens with zero attached hydrogens (tertiary/aromatic N) is 3. The van der Waals surface area contributed by atoms with Gasteiger partial charge in [0.15, 0.2) is 0 Å². The molecule has 0 bridgehead atoms. The lowest BCUT2D eigenvalue weighted by Crippen LogP contribution is -1.95. The van der Waals surface area contributed by atoms with Crippen LogP contribution < -0.4 is 5.73 Å². The van der Waals surface area contributed by atoms with Crippen LogP contribution in [0.4, 0.5) is 0 Å². The summed E-state index contributed by atoms with van der Waals surface area (Å²) in [4.78, 5) is 8.81. The Labute approximate surface area is 111 Å². The molecule has 0 fully saturated rings. The molecule has 0 saturated carbocycles. The maximum Gasteiger partial charge on any atom is 0.147 e. The van der Waals surface area contributed by atoms with Crippen molar-refractivity contribution in [2.24, 2.45) is 5.73 Å². The van der Waals surface area contributed by atoms with Gasteiger partial charge >= 0.3 is 0 Å². The molecule has 3 aromatic rings. The molecule has 96 valence electrons. The van der Waals surface area contributed by atoms with E-state index in [1.807, 2.05) is 16.8 Å². The van der Waals surface area contributed by atoms with Crippen molar-refractivity contribution < 1.29 is 0 Å². The lowest BCUT2D eigenvalue weighted by Gasteiger charge is -2.04. The number of benzene rings is 1. The summed E-state index contributed by atoms with van der Waals surface area (Å²) in [5.74, 6) is 0. The van der Waals surface area contributed by atoms with Gasteiger partial charge in [-0.25, -0.2) is 9.97 Å². The molecule has 4 heteroatoms. The molecule has 0 saturated heterocycles. The van der Waals surface area contributed by atoms with Gasteiger partial charge in [-0.05, 0) is 17.5 Å². The Morgan fingerprint density at radius 3 is 2.68 bits per heavy atom. The number of rotatable bonds is 3. The van der Waals surface area contributed by atoms with Crippen LogP contribution in [0.2, 0.25) is 0 Å². The average Bonchev–Trinajstić information content (AvgIpc) is 2.90. The van der Waals surface area contributed by atoms with Gasteiger partial charge in [0.05, 0.1) is 5.69 Å². The fourth-order valence-corrected chi connectivity index (χ4v) is 2.19. The van der Waals surface area contributed by atoms with Crippen LogP contribution in [0.1, 0.15) is 18.2 Å². The molecule has 0 aliphatic carbocycles. The Morgan fingerprint density at radius 1 is 1.21 bits per heavy atom. The zero-order valence-electron chi connectivity index (χ0n) is 10.9. The standard InChI is InChI=1S/C15H16N4/c1-2-11-3-5-12(6-4-11)14-8-17-10-19-9-13(7-16)18-15(14)19/h3-6,8-10H,2,7,16H2,1H3. The highest BCUT2D eigenvalue weighted by molar-refractivity contribution is 5.76. The van der Waals surface area contributed by atoms with Crippen LogP contribution in [0.15, 0.2) is 43.0 Å². The molecule has 3 rings (SSSR count). The third-order valence-electron chi connectivity index (χ3n) is 3.30. The molecule has 2 aromatic heterocycles. The number of aryl methyl sites for hydroxylation is 1. The summed E-state index contributed by atoms with van der Waals surface area (Å²) in [5.41, 5.74) is 10.9. The molecule has 0 aliphatic rings. The summed E-state index contributed by atoms with van der Waals surface area (Å²) in [6, 6.07) is 8.52. The average molecular weight is 252 g/mol. The Morgan fingerprint density at radius 2 is 2.00 bits per heavy atom. The number of hydrogen-bond donors (Lipinski definition) is 1. The molecule has 0 unspecified atom stereocenters. The van der Waals surface area contributed by atoms with Crippen LogP contribution in [0, 0.1) is 0 Å². The second-order valence-electron chi connectivity index (χ2n) is 4.53. The first-order valence-electron chi connectivity index (χ1n) is 6.42. The highest BCUT2D eigenvalue weighted by Gasteiger charge is 2.08. The largest absolute Gasteiger partial charge is 0.325 e. The Bertz CT molecular complexity index is 698. The molecule has 0 atom stereocenters. The zero-order chi connectivity index (χ0) is 13.2. The van der Waals surface area contributed by atoms with E-state index in [1.54, 1.807) is 6.33 Å². The third kappa shape index (κ3) is 2.11. The molecule has 1 aromatic carbocycles. The van der Waals surface area contributed by atoms with Crippen molar-refractivity contribution in [2.45, 2.75) is 19.9 Å². The molecular weight excluding hydrogens is 236 g/mol. The minimum Gasteiger partial charge on any atom is -0.325 e. The Kier molecular flexibility index (Phi) is 3.01. The number of hydrogen-bond acceptors (Lipinski definition) is 3. The van der Waals surface area contributed by atoms with Gasteiger partial charge in [0.2, 0.25) is 0 Å². The van der Waals surface area contributed by atoms with Crippen LogP contribution in [0.3, 0.4) is 0 Å². The van der Waals surface area contributed by atoms with E-state index >= 15 is 0 Å². The molecule has 0 aliphatic heterocycles. The summed E-state index contributed by atoms with van der Waals surface area (Å²) in [6.45, 7) is 2.59. The fraction of sp³-hybridized carbons (Fsp3) is 0.200. The van der Waals surface area contributed by atoms with Crippen molar-refractivity contribution >= 4 is 5.65 Å². The Balaban J connectivity index is 2.15. The maximum atomic E-state index is 5.64. The van der Waals surface area contributed by atoms with Gasteiger partial charge in [-0.1, -0.05) is 31.2 Å². The molecule has 2 N–H and O–H groups in total. The van der Waals surface area contributed by atoms with Crippen molar-refractivity contribution in [3.63, 3.8) is 0 Å². The van der Waals surface area contributed by atoms with E-state index in [-0.39, 0.29) is 0 Å². The van der Waals surface area contributed by atoms with Gasteiger partial charge in [-0.15, -0.1) is 0 Å². The van der Waals surface area contributed by atoms with Crippen LogP contribution in [-0.2, 0) is 13.0 Å². The number of aromatic nitrogens is 3. The highest BCUT2D eigenvalue weighted by atomic mass is 15.0. The normalized spacial score (nSPS) is 11.1. The van der Waals surface area contributed by atoms with E-state index < -0.39 is 0 Å². The molecule has 2 heterocycles. The van der Waals surface area contributed by atoms with Crippen molar-refractivity contribution in [1.82, 2.24) is 14.4 Å². The van der Waals surface area contributed by atoms with E-state index in [0.29, 0.717) is 6.54 Å². The minimum absolute atomic E-state index is 0.440. The first-order valence-corrected chi connectivity index (χ1v) is 6.42. The van der Waals surface area contributed by atoms with Crippen molar-refractivity contribution in [3.8, 4) is 11.1 Å². The molecule has 0 amide bonds. The first kappa shape index (κ1) is 11.9. The lowest BCUT2D eigenvalue weighted by atomic mass is 10.1. The van der Waals surface area contributed by atoms with Crippen LogP contribution in [0.25, 0.3) is 16.8 Å². The van der Waals surface area contributed by atoms with E-state index in [4.69, 9.17) is 5.73 Å². The smallest absolute Gasteiger partial charge is 0.147 e. The summed E-state index contributed by atoms with van der Waals surface area (Å²) in [5, 5.41) is 0. The van der Waals surface area contributed by atoms with Gasteiger partial charge in [0.25, 0.3) is 0 Å². The monoisotopic (exact) mass is 252 g/mol. The molecule has 19 heavy (non-hydrogen) atoms. The predicted molar refractivity (Wildman–Crippen MR) is 75.7 cm³/mol. The Hall–Kier alpha value is -2.20.